The maximum atomic E-state index is 13.5. The standard InChI is InChI=1S/C12H8F3N3O2/c13-7-1-2-8(10(15)9(7)14)18-11-6(12(19)20)3-5(16)4-17-11/h1-4H,16H2,(H,17,18)(H,19,20). The summed E-state index contributed by atoms with van der Waals surface area (Å²) >= 11 is 0. The van der Waals surface area contributed by atoms with Gasteiger partial charge in [-0.2, -0.15) is 0 Å². The van der Waals surface area contributed by atoms with E-state index in [2.05, 4.69) is 10.3 Å². The van der Waals surface area contributed by atoms with Crippen LogP contribution in [0.15, 0.2) is 24.4 Å². The van der Waals surface area contributed by atoms with Crippen LogP contribution in [0.2, 0.25) is 0 Å². The van der Waals surface area contributed by atoms with E-state index in [-0.39, 0.29) is 17.1 Å². The van der Waals surface area contributed by atoms with Crippen molar-refractivity contribution in [1.82, 2.24) is 4.98 Å². The highest BCUT2D eigenvalue weighted by Gasteiger charge is 2.17. The first-order chi connectivity index (χ1) is 9.40. The minimum absolute atomic E-state index is 0.0960. The van der Waals surface area contributed by atoms with Crippen molar-refractivity contribution >= 4 is 23.2 Å². The molecule has 0 bridgehead atoms. The first-order valence-corrected chi connectivity index (χ1v) is 5.29. The zero-order chi connectivity index (χ0) is 14.9. The number of hydrogen-bond donors (Lipinski definition) is 3. The van der Waals surface area contributed by atoms with Crippen LogP contribution in [-0.2, 0) is 0 Å². The van der Waals surface area contributed by atoms with Crippen molar-refractivity contribution in [3.05, 3.63) is 47.4 Å². The van der Waals surface area contributed by atoms with Crippen LogP contribution in [0.4, 0.5) is 30.4 Å². The third kappa shape index (κ3) is 2.48. The molecule has 0 atom stereocenters. The van der Waals surface area contributed by atoms with Crippen molar-refractivity contribution in [3.63, 3.8) is 0 Å². The summed E-state index contributed by atoms with van der Waals surface area (Å²) in [6.45, 7) is 0. The summed E-state index contributed by atoms with van der Waals surface area (Å²) in [5.41, 5.74) is 4.73. The molecule has 1 aromatic carbocycles. The van der Waals surface area contributed by atoms with E-state index >= 15 is 0 Å². The quantitative estimate of drug-likeness (QED) is 0.753. The van der Waals surface area contributed by atoms with Crippen LogP contribution in [0.3, 0.4) is 0 Å². The van der Waals surface area contributed by atoms with Crippen LogP contribution in [0.1, 0.15) is 10.4 Å². The van der Waals surface area contributed by atoms with Crippen LogP contribution >= 0.6 is 0 Å². The van der Waals surface area contributed by atoms with Gasteiger partial charge >= 0.3 is 5.97 Å². The van der Waals surface area contributed by atoms with Crippen molar-refractivity contribution in [1.29, 1.82) is 0 Å². The minimum Gasteiger partial charge on any atom is -0.478 e. The molecule has 1 aromatic heterocycles. The maximum absolute atomic E-state index is 13.5. The number of nitrogens with one attached hydrogen (secondary N) is 1. The average molecular weight is 283 g/mol. The number of carbonyl (C=O) groups is 1. The maximum Gasteiger partial charge on any atom is 0.339 e. The van der Waals surface area contributed by atoms with Crippen LogP contribution in [0, 0.1) is 17.5 Å². The van der Waals surface area contributed by atoms with Gasteiger partial charge in [-0.1, -0.05) is 0 Å². The SMILES string of the molecule is Nc1cnc(Nc2ccc(F)c(F)c2F)c(C(=O)O)c1. The Kier molecular flexibility index (Phi) is 3.47. The first kappa shape index (κ1) is 13.7. The molecule has 4 N–H and O–H groups in total. The molecule has 0 fully saturated rings. The molecule has 0 spiro atoms. The molecule has 8 heteroatoms. The summed E-state index contributed by atoms with van der Waals surface area (Å²) in [5.74, 6) is -6.08. The minimum atomic E-state index is -1.66. The molecule has 0 aliphatic heterocycles. The molecule has 0 aliphatic rings. The molecule has 5 nitrogen and oxygen atoms in total. The first-order valence-electron chi connectivity index (χ1n) is 5.29. The number of nitrogens with zero attached hydrogens (tertiary/aromatic N) is 1. The number of anilines is 3. The van der Waals surface area contributed by atoms with Crippen molar-refractivity contribution in [2.75, 3.05) is 11.1 Å². The summed E-state index contributed by atoms with van der Waals surface area (Å²) < 4.78 is 39.3. The van der Waals surface area contributed by atoms with Gasteiger partial charge in [0.15, 0.2) is 17.5 Å². The topological polar surface area (TPSA) is 88.2 Å². The van der Waals surface area contributed by atoms with E-state index in [9.17, 15) is 18.0 Å². The van der Waals surface area contributed by atoms with Crippen molar-refractivity contribution in [3.8, 4) is 0 Å². The number of carboxylic acid groups (broad SMARTS) is 1. The average Bonchev–Trinajstić information content (AvgIpc) is 2.41. The molecule has 0 aliphatic carbocycles. The molecule has 1 heterocycles. The Balaban J connectivity index is 2.45. The number of aromatic nitrogens is 1. The molecule has 104 valence electrons. The number of nitrogens with two attached hydrogens (primary N) is 1. The number of pyridine rings is 1. The van der Waals surface area contributed by atoms with Gasteiger partial charge in [0.25, 0.3) is 0 Å². The van der Waals surface area contributed by atoms with Gasteiger partial charge in [0.2, 0.25) is 0 Å². The van der Waals surface area contributed by atoms with E-state index in [1.165, 1.54) is 0 Å². The fourth-order valence-corrected chi connectivity index (χ4v) is 1.49. The lowest BCUT2D eigenvalue weighted by molar-refractivity contribution is 0.0697. The normalized spacial score (nSPS) is 10.3. The molecule has 2 rings (SSSR count). The van der Waals surface area contributed by atoms with Gasteiger partial charge in [0.05, 0.1) is 17.6 Å². The van der Waals surface area contributed by atoms with Gasteiger partial charge in [0.1, 0.15) is 11.4 Å². The third-order valence-electron chi connectivity index (χ3n) is 2.43. The Bertz CT molecular complexity index is 692. The molecule has 20 heavy (non-hydrogen) atoms. The second-order valence-corrected chi connectivity index (χ2v) is 3.82. The molecular formula is C12H8F3N3O2. The highest BCUT2D eigenvalue weighted by molar-refractivity contribution is 5.94. The zero-order valence-electron chi connectivity index (χ0n) is 9.82. The molecule has 0 saturated heterocycles. The summed E-state index contributed by atoms with van der Waals surface area (Å²) in [6, 6.07) is 2.74. The van der Waals surface area contributed by atoms with Gasteiger partial charge in [-0.15, -0.1) is 0 Å². The van der Waals surface area contributed by atoms with Gasteiger partial charge in [0, 0.05) is 0 Å². The number of halogens is 3. The molecule has 0 radical (unpaired) electrons. The molecule has 0 unspecified atom stereocenters. The predicted octanol–water partition coefficient (Wildman–Crippen LogP) is 2.52. The second kappa shape index (κ2) is 5.08. The predicted molar refractivity (Wildman–Crippen MR) is 65.2 cm³/mol. The fraction of sp³-hybridized carbons (Fsp3) is 0. The zero-order valence-corrected chi connectivity index (χ0v) is 9.82. The largest absolute Gasteiger partial charge is 0.478 e. The molecule has 2 aromatic rings. The summed E-state index contributed by atoms with van der Waals surface area (Å²) in [7, 11) is 0. The van der Waals surface area contributed by atoms with E-state index in [0.717, 1.165) is 18.3 Å². The third-order valence-corrected chi connectivity index (χ3v) is 2.43. The lowest BCUT2D eigenvalue weighted by atomic mass is 10.2. The van der Waals surface area contributed by atoms with E-state index in [0.29, 0.717) is 6.07 Å². The summed E-state index contributed by atoms with van der Waals surface area (Å²) in [5, 5.41) is 11.3. The number of benzene rings is 1. The summed E-state index contributed by atoms with van der Waals surface area (Å²) in [4.78, 5) is 14.7. The van der Waals surface area contributed by atoms with Gasteiger partial charge in [-0.05, 0) is 18.2 Å². The Hall–Kier alpha value is -2.77. The van der Waals surface area contributed by atoms with E-state index in [4.69, 9.17) is 10.8 Å². The highest BCUT2D eigenvalue weighted by atomic mass is 19.2. The van der Waals surface area contributed by atoms with Crippen molar-refractivity contribution in [2.24, 2.45) is 0 Å². The number of carboxylic acids is 1. The Morgan fingerprint density at radius 2 is 1.95 bits per heavy atom. The van der Waals surface area contributed by atoms with E-state index < -0.39 is 29.1 Å². The number of nitrogen functional groups attached to an aromatic ring is 1. The number of hydrogen-bond acceptors (Lipinski definition) is 4. The van der Waals surface area contributed by atoms with Crippen LogP contribution in [-0.4, -0.2) is 16.1 Å². The fourth-order valence-electron chi connectivity index (χ4n) is 1.49. The lowest BCUT2D eigenvalue weighted by Crippen LogP contribution is -2.07. The van der Waals surface area contributed by atoms with Crippen LogP contribution in [0.25, 0.3) is 0 Å². The Morgan fingerprint density at radius 1 is 1.25 bits per heavy atom. The monoisotopic (exact) mass is 283 g/mol. The lowest BCUT2D eigenvalue weighted by Gasteiger charge is -2.10. The second-order valence-electron chi connectivity index (χ2n) is 3.82. The molecule has 0 saturated carbocycles. The summed E-state index contributed by atoms with van der Waals surface area (Å²) in [6.07, 6.45) is 1.15. The Labute approximate surface area is 110 Å². The molecule has 0 amide bonds. The van der Waals surface area contributed by atoms with E-state index in [1.807, 2.05) is 0 Å². The van der Waals surface area contributed by atoms with Crippen molar-refractivity contribution in [2.45, 2.75) is 0 Å². The van der Waals surface area contributed by atoms with Gasteiger partial charge in [-0.25, -0.2) is 22.9 Å². The highest BCUT2D eigenvalue weighted by Crippen LogP contribution is 2.25. The van der Waals surface area contributed by atoms with E-state index in [1.54, 1.807) is 0 Å². The number of aromatic carboxylic acids is 1. The van der Waals surface area contributed by atoms with Crippen LogP contribution in [0.5, 0.6) is 0 Å². The van der Waals surface area contributed by atoms with Gasteiger partial charge in [-0.3, -0.25) is 0 Å². The van der Waals surface area contributed by atoms with Crippen molar-refractivity contribution < 1.29 is 23.1 Å². The Morgan fingerprint density at radius 3 is 2.60 bits per heavy atom. The smallest absolute Gasteiger partial charge is 0.339 e. The van der Waals surface area contributed by atoms with Crippen LogP contribution < -0.4 is 11.1 Å². The number of rotatable bonds is 3. The van der Waals surface area contributed by atoms with Gasteiger partial charge < -0.3 is 16.2 Å². The molecular weight excluding hydrogens is 275 g/mol.